The Morgan fingerprint density at radius 1 is 1.42 bits per heavy atom. The fourth-order valence-corrected chi connectivity index (χ4v) is 4.11. The summed E-state index contributed by atoms with van der Waals surface area (Å²) in [6.45, 7) is 5.19. The van der Waals surface area contributed by atoms with Gasteiger partial charge in [0.05, 0.1) is 0 Å². The highest BCUT2D eigenvalue weighted by molar-refractivity contribution is 6.30. The number of hydrogen-bond acceptors (Lipinski definition) is 3. The van der Waals surface area contributed by atoms with Gasteiger partial charge >= 0.3 is 0 Å². The van der Waals surface area contributed by atoms with Crippen LogP contribution in [0.3, 0.4) is 0 Å². The van der Waals surface area contributed by atoms with E-state index in [0.717, 1.165) is 50.5 Å². The van der Waals surface area contributed by atoms with E-state index in [2.05, 4.69) is 23.6 Å². The smallest absolute Gasteiger partial charge is 0.223 e. The van der Waals surface area contributed by atoms with Crippen LogP contribution in [-0.2, 0) is 14.9 Å². The highest BCUT2D eigenvalue weighted by Gasteiger charge is 2.36. The standard InChI is InChI=1S/C19H27ClN2O2/c1-14-11-15(5-8-21-14)18(23)22-13-19(6-9-24-10-7-19)16-3-2-4-17(20)12-16/h2-4,12,14-15,21H,5-11,13H2,1H3,(H,22,23)/t14-,15-/m0/s1. The van der Waals surface area contributed by atoms with Crippen LogP contribution in [0.4, 0.5) is 0 Å². The summed E-state index contributed by atoms with van der Waals surface area (Å²) in [4.78, 5) is 12.6. The minimum atomic E-state index is -0.0721. The van der Waals surface area contributed by atoms with Crippen LogP contribution in [0.1, 0.15) is 38.2 Å². The Labute approximate surface area is 149 Å². The van der Waals surface area contributed by atoms with Gasteiger partial charge in [0.25, 0.3) is 0 Å². The molecule has 2 aliphatic rings. The normalized spacial score (nSPS) is 26.8. The number of piperidine rings is 1. The molecule has 1 amide bonds. The molecule has 2 heterocycles. The van der Waals surface area contributed by atoms with Gasteiger partial charge in [0.1, 0.15) is 0 Å². The molecule has 0 unspecified atom stereocenters. The quantitative estimate of drug-likeness (QED) is 0.877. The molecule has 3 rings (SSSR count). The zero-order chi connectivity index (χ0) is 17.0. The number of carbonyl (C=O) groups is 1. The largest absolute Gasteiger partial charge is 0.381 e. The van der Waals surface area contributed by atoms with Gasteiger partial charge in [0.15, 0.2) is 0 Å². The van der Waals surface area contributed by atoms with Crippen LogP contribution in [0.2, 0.25) is 5.02 Å². The average molecular weight is 351 g/mol. The topological polar surface area (TPSA) is 50.4 Å². The molecule has 2 aliphatic heterocycles. The summed E-state index contributed by atoms with van der Waals surface area (Å²) in [7, 11) is 0. The van der Waals surface area contributed by atoms with Gasteiger partial charge in [0, 0.05) is 42.2 Å². The lowest BCUT2D eigenvalue weighted by atomic mass is 9.74. The van der Waals surface area contributed by atoms with Crippen molar-refractivity contribution in [1.82, 2.24) is 10.6 Å². The van der Waals surface area contributed by atoms with Crippen LogP contribution in [0, 0.1) is 5.92 Å². The molecule has 0 saturated carbocycles. The minimum absolute atomic E-state index is 0.0721. The predicted molar refractivity (Wildman–Crippen MR) is 96.4 cm³/mol. The highest BCUT2D eigenvalue weighted by Crippen LogP contribution is 2.35. The number of halogens is 1. The lowest BCUT2D eigenvalue weighted by Crippen LogP contribution is -2.48. The van der Waals surface area contributed by atoms with E-state index in [4.69, 9.17) is 16.3 Å². The molecule has 132 valence electrons. The van der Waals surface area contributed by atoms with Gasteiger partial charge in [-0.1, -0.05) is 23.7 Å². The van der Waals surface area contributed by atoms with E-state index < -0.39 is 0 Å². The molecule has 0 spiro atoms. The van der Waals surface area contributed by atoms with Gasteiger partial charge in [-0.3, -0.25) is 4.79 Å². The molecule has 2 atom stereocenters. The van der Waals surface area contributed by atoms with Crippen molar-refractivity contribution in [2.45, 2.75) is 44.1 Å². The van der Waals surface area contributed by atoms with Crippen molar-refractivity contribution in [3.63, 3.8) is 0 Å². The Kier molecular flexibility index (Phi) is 5.80. The fraction of sp³-hybridized carbons (Fsp3) is 0.632. The monoisotopic (exact) mass is 350 g/mol. The molecule has 1 aromatic rings. The first-order chi connectivity index (χ1) is 11.6. The number of hydrogen-bond donors (Lipinski definition) is 2. The molecule has 0 aromatic heterocycles. The molecule has 2 saturated heterocycles. The van der Waals surface area contributed by atoms with Gasteiger partial charge < -0.3 is 15.4 Å². The first-order valence-corrected chi connectivity index (χ1v) is 9.32. The Morgan fingerprint density at radius 2 is 2.21 bits per heavy atom. The minimum Gasteiger partial charge on any atom is -0.381 e. The Bertz CT molecular complexity index is 572. The van der Waals surface area contributed by atoms with Gasteiger partial charge in [-0.25, -0.2) is 0 Å². The van der Waals surface area contributed by atoms with E-state index in [1.807, 2.05) is 18.2 Å². The van der Waals surface area contributed by atoms with E-state index >= 15 is 0 Å². The SMILES string of the molecule is C[C@H]1C[C@@H](C(=O)NCC2(c3cccc(Cl)c3)CCOCC2)CCN1. The number of benzene rings is 1. The van der Waals surface area contributed by atoms with Crippen molar-refractivity contribution in [3.8, 4) is 0 Å². The molecule has 2 fully saturated rings. The molecule has 0 bridgehead atoms. The van der Waals surface area contributed by atoms with Crippen LogP contribution >= 0.6 is 11.6 Å². The molecule has 0 aliphatic carbocycles. The fourth-order valence-electron chi connectivity index (χ4n) is 3.92. The third-order valence-corrected chi connectivity index (χ3v) is 5.72. The summed E-state index contributed by atoms with van der Waals surface area (Å²) in [5, 5.41) is 7.38. The maximum Gasteiger partial charge on any atom is 0.223 e. The average Bonchev–Trinajstić information content (AvgIpc) is 2.60. The van der Waals surface area contributed by atoms with Crippen LogP contribution < -0.4 is 10.6 Å². The predicted octanol–water partition coefficient (Wildman–Crippen LogP) is 2.89. The highest BCUT2D eigenvalue weighted by atomic mass is 35.5. The number of amides is 1. The van der Waals surface area contributed by atoms with Crippen molar-refractivity contribution >= 4 is 17.5 Å². The second-order valence-electron chi connectivity index (χ2n) is 7.20. The van der Waals surface area contributed by atoms with E-state index in [9.17, 15) is 4.79 Å². The zero-order valence-corrected chi connectivity index (χ0v) is 15.1. The third kappa shape index (κ3) is 4.11. The molecule has 2 N–H and O–H groups in total. The van der Waals surface area contributed by atoms with Crippen LogP contribution in [0.15, 0.2) is 24.3 Å². The molecule has 5 heteroatoms. The summed E-state index contributed by atoms with van der Waals surface area (Å²) >= 11 is 6.20. The van der Waals surface area contributed by atoms with Crippen molar-refractivity contribution in [3.05, 3.63) is 34.9 Å². The second kappa shape index (κ2) is 7.85. The van der Waals surface area contributed by atoms with Gasteiger partial charge in [-0.15, -0.1) is 0 Å². The van der Waals surface area contributed by atoms with Crippen LogP contribution in [0.5, 0.6) is 0 Å². The summed E-state index contributed by atoms with van der Waals surface area (Å²) in [5.74, 6) is 0.314. The van der Waals surface area contributed by atoms with Crippen LogP contribution in [-0.4, -0.2) is 38.3 Å². The lowest BCUT2D eigenvalue weighted by Gasteiger charge is -2.38. The summed E-state index contributed by atoms with van der Waals surface area (Å²) < 4.78 is 5.56. The third-order valence-electron chi connectivity index (χ3n) is 5.48. The number of carbonyl (C=O) groups excluding carboxylic acids is 1. The number of ether oxygens (including phenoxy) is 1. The molecule has 24 heavy (non-hydrogen) atoms. The maximum atomic E-state index is 12.6. The first-order valence-electron chi connectivity index (χ1n) is 8.94. The Hall–Kier alpha value is -1.10. The lowest BCUT2D eigenvalue weighted by molar-refractivity contribution is -0.126. The molecular formula is C19H27ClN2O2. The van der Waals surface area contributed by atoms with Crippen molar-refractivity contribution in [2.75, 3.05) is 26.3 Å². The summed E-state index contributed by atoms with van der Waals surface area (Å²) in [6, 6.07) is 8.46. The van der Waals surface area contributed by atoms with E-state index in [1.165, 1.54) is 5.56 Å². The van der Waals surface area contributed by atoms with Crippen molar-refractivity contribution < 1.29 is 9.53 Å². The number of nitrogens with one attached hydrogen (secondary N) is 2. The summed E-state index contributed by atoms with van der Waals surface area (Å²) in [6.07, 6.45) is 3.66. The van der Waals surface area contributed by atoms with E-state index in [-0.39, 0.29) is 17.2 Å². The molecule has 0 radical (unpaired) electrons. The molecular weight excluding hydrogens is 324 g/mol. The Balaban J connectivity index is 1.69. The van der Waals surface area contributed by atoms with E-state index in [0.29, 0.717) is 12.6 Å². The first kappa shape index (κ1) is 17.7. The zero-order valence-electron chi connectivity index (χ0n) is 14.3. The second-order valence-corrected chi connectivity index (χ2v) is 7.63. The van der Waals surface area contributed by atoms with Gasteiger partial charge in [-0.2, -0.15) is 0 Å². The number of rotatable bonds is 4. The Morgan fingerprint density at radius 3 is 2.92 bits per heavy atom. The van der Waals surface area contributed by atoms with Gasteiger partial charge in [-0.05, 0) is 56.8 Å². The van der Waals surface area contributed by atoms with Crippen molar-refractivity contribution in [1.29, 1.82) is 0 Å². The van der Waals surface area contributed by atoms with Crippen LogP contribution in [0.25, 0.3) is 0 Å². The van der Waals surface area contributed by atoms with Crippen molar-refractivity contribution in [2.24, 2.45) is 5.92 Å². The van der Waals surface area contributed by atoms with E-state index in [1.54, 1.807) is 0 Å². The molecule has 4 nitrogen and oxygen atoms in total. The van der Waals surface area contributed by atoms with Gasteiger partial charge in [0.2, 0.25) is 5.91 Å². The maximum absolute atomic E-state index is 12.6. The molecule has 1 aromatic carbocycles. The summed E-state index contributed by atoms with van der Waals surface area (Å²) in [5.41, 5.74) is 1.13.